The molecule has 3 amide bonds. The number of hydrogen-bond acceptors (Lipinski definition) is 11. The van der Waals surface area contributed by atoms with E-state index in [9.17, 15) is 24.3 Å². The Labute approximate surface area is 318 Å². The minimum atomic E-state index is -1.63. The van der Waals surface area contributed by atoms with Crippen molar-refractivity contribution < 1.29 is 38.5 Å². The Hall–Kier alpha value is -5.10. The number of nitrogens with zero attached hydrogens (tertiary/aromatic N) is 3. The van der Waals surface area contributed by atoms with Gasteiger partial charge in [-0.2, -0.15) is 0 Å². The van der Waals surface area contributed by atoms with E-state index < -0.39 is 58.9 Å². The molecule has 2 aromatic heterocycles. The number of fused-ring (bicyclic) bond motifs is 1. The van der Waals surface area contributed by atoms with E-state index in [0.717, 1.165) is 30.8 Å². The lowest BCUT2D eigenvalue weighted by Gasteiger charge is -2.35. The molecule has 3 aliphatic rings. The lowest BCUT2D eigenvalue weighted by Crippen LogP contribution is -2.59. The van der Waals surface area contributed by atoms with Crippen LogP contribution in [0.2, 0.25) is 0 Å². The number of hydrogen-bond donors (Lipinski definition) is 4. The molecule has 54 heavy (non-hydrogen) atoms. The van der Waals surface area contributed by atoms with Gasteiger partial charge in [-0.3, -0.25) is 9.59 Å². The van der Waals surface area contributed by atoms with Crippen molar-refractivity contribution in [3.8, 4) is 35.2 Å². The normalized spacial score (nSPS) is 23.1. The third-order valence-electron chi connectivity index (χ3n) is 10.1. The van der Waals surface area contributed by atoms with E-state index >= 15 is 0 Å². The highest BCUT2D eigenvalue weighted by molar-refractivity contribution is 7.14. The van der Waals surface area contributed by atoms with Gasteiger partial charge in [0.15, 0.2) is 10.7 Å². The molecule has 0 bridgehead atoms. The van der Waals surface area contributed by atoms with Crippen molar-refractivity contribution in [2.24, 2.45) is 11.3 Å². The van der Waals surface area contributed by atoms with Crippen molar-refractivity contribution in [3.05, 3.63) is 29.6 Å². The first kappa shape index (κ1) is 38.6. The Kier molecular flexibility index (Phi) is 11.0. The zero-order valence-electron chi connectivity index (χ0n) is 31.4. The monoisotopic (exact) mass is 760 g/mol. The summed E-state index contributed by atoms with van der Waals surface area (Å²) in [5.74, 6) is 0.355. The summed E-state index contributed by atoms with van der Waals surface area (Å²) < 4.78 is 17.8. The first-order valence-electron chi connectivity index (χ1n) is 18.3. The van der Waals surface area contributed by atoms with Gasteiger partial charge < -0.3 is 40.2 Å². The van der Waals surface area contributed by atoms with E-state index in [2.05, 4.69) is 21.9 Å². The molecule has 6 rings (SSSR count). The van der Waals surface area contributed by atoms with E-state index in [4.69, 9.17) is 30.6 Å². The van der Waals surface area contributed by atoms with Gasteiger partial charge in [-0.05, 0) is 63.5 Å². The molecule has 3 heterocycles. The summed E-state index contributed by atoms with van der Waals surface area (Å²) in [5.41, 5.74) is -0.644. The van der Waals surface area contributed by atoms with Crippen LogP contribution >= 0.6 is 11.3 Å². The van der Waals surface area contributed by atoms with Crippen LogP contribution in [-0.2, 0) is 19.1 Å². The zero-order valence-corrected chi connectivity index (χ0v) is 32.2. The summed E-state index contributed by atoms with van der Waals surface area (Å²) in [6, 6.07) is 5.16. The summed E-state index contributed by atoms with van der Waals surface area (Å²) in [4.78, 5) is 65.0. The SMILES string of the molecule is C#C[C@@H]1C[C@]1(NC(=O)[C@@H]1CC(Oc2cc(-c3csc(NC(C)C)n3)nc3cc(OC)ccc23)CN1C(=O)[C@@H](NC(=O)OC1CCCC1)C(C)(C)C)C(=O)O. The summed E-state index contributed by atoms with van der Waals surface area (Å²) in [7, 11) is 1.57. The second-order valence-electron chi connectivity index (χ2n) is 15.7. The molecule has 1 aromatic carbocycles. The number of methoxy groups -OCH3 is 1. The first-order valence-corrected chi connectivity index (χ1v) is 19.2. The molecule has 0 spiro atoms. The highest BCUT2D eigenvalue weighted by atomic mass is 32.1. The Morgan fingerprint density at radius 2 is 1.83 bits per heavy atom. The number of likely N-dealkylation sites (tertiary alicyclic amines) is 1. The van der Waals surface area contributed by atoms with Crippen LogP contribution in [0, 0.1) is 23.7 Å². The van der Waals surface area contributed by atoms with Crippen LogP contribution in [0.1, 0.15) is 73.1 Å². The van der Waals surface area contributed by atoms with Crippen molar-refractivity contribution in [1.82, 2.24) is 25.5 Å². The van der Waals surface area contributed by atoms with Crippen molar-refractivity contribution in [3.63, 3.8) is 0 Å². The maximum atomic E-state index is 14.5. The van der Waals surface area contributed by atoms with Crippen LogP contribution in [-0.4, -0.2) is 93.4 Å². The number of thiazole rings is 1. The first-order chi connectivity index (χ1) is 25.6. The molecule has 1 aliphatic heterocycles. The highest BCUT2D eigenvalue weighted by Crippen LogP contribution is 2.44. The smallest absolute Gasteiger partial charge is 0.408 e. The fourth-order valence-electron chi connectivity index (χ4n) is 7.11. The van der Waals surface area contributed by atoms with Crippen molar-refractivity contribution in [2.75, 3.05) is 19.0 Å². The molecule has 5 atom stereocenters. The molecule has 2 saturated carbocycles. The number of carbonyl (C=O) groups excluding carboxylic acids is 3. The summed E-state index contributed by atoms with van der Waals surface area (Å²) in [6.45, 7) is 9.45. The van der Waals surface area contributed by atoms with Gasteiger partial charge in [0.25, 0.3) is 0 Å². The lowest BCUT2D eigenvalue weighted by atomic mass is 9.85. The van der Waals surface area contributed by atoms with Gasteiger partial charge in [-0.1, -0.05) is 20.8 Å². The van der Waals surface area contributed by atoms with Gasteiger partial charge in [0.1, 0.15) is 41.5 Å². The number of carboxylic acids is 1. The average molecular weight is 761 g/mol. The van der Waals surface area contributed by atoms with Crippen molar-refractivity contribution >= 4 is 51.2 Å². The molecule has 0 radical (unpaired) electrons. The number of terminal acetylenes is 1. The highest BCUT2D eigenvalue weighted by Gasteiger charge is 2.62. The average Bonchev–Trinajstić information content (AvgIpc) is 3.53. The molecular weight excluding hydrogens is 713 g/mol. The molecule has 2 aliphatic carbocycles. The molecule has 1 saturated heterocycles. The molecular formula is C39H48N6O8S. The number of ether oxygens (including phenoxy) is 3. The third kappa shape index (κ3) is 8.18. The second-order valence-corrected chi connectivity index (χ2v) is 16.5. The lowest BCUT2D eigenvalue weighted by molar-refractivity contribution is -0.146. The standard InChI is InChI=1S/C39H48N6O8S/c1-8-22-18-39(22,35(48)49)44-33(46)30-16-25(19-45(30)34(47)32(38(4,5)6)43-37(50)53-23-11-9-10-12-23)52-31-17-28(29-20-54-36(42-29)40-21(2)3)41-27-15-24(51-7)13-14-26(27)31/h1,13-15,17,20-23,25,30,32H,9-12,16,18-19H2,2-7H3,(H,40,42)(H,43,50)(H,44,46)(H,48,49)/t22-,25?,30+,32-,39-/m1/s1. The van der Waals surface area contributed by atoms with Crippen LogP contribution in [0.3, 0.4) is 0 Å². The fourth-order valence-corrected chi connectivity index (χ4v) is 7.96. The van der Waals surface area contributed by atoms with Gasteiger partial charge >= 0.3 is 12.1 Å². The fraction of sp³-hybridized carbons (Fsp3) is 0.538. The van der Waals surface area contributed by atoms with Gasteiger partial charge in [0.05, 0.1) is 30.8 Å². The predicted octanol–water partition coefficient (Wildman–Crippen LogP) is 5.21. The molecule has 14 nitrogen and oxygen atoms in total. The molecule has 4 N–H and O–H groups in total. The Morgan fingerprint density at radius 1 is 1.09 bits per heavy atom. The predicted molar refractivity (Wildman–Crippen MR) is 203 cm³/mol. The molecule has 3 aromatic rings. The number of anilines is 1. The number of rotatable bonds is 12. The largest absolute Gasteiger partial charge is 0.497 e. The van der Waals surface area contributed by atoms with E-state index in [1.54, 1.807) is 25.3 Å². The van der Waals surface area contributed by atoms with Crippen LogP contribution in [0.5, 0.6) is 11.5 Å². The van der Waals surface area contributed by atoms with Crippen LogP contribution in [0.15, 0.2) is 29.6 Å². The number of benzene rings is 1. The summed E-state index contributed by atoms with van der Waals surface area (Å²) in [6.07, 6.45) is 7.48. The molecule has 3 fully saturated rings. The van der Waals surface area contributed by atoms with Crippen LogP contribution < -0.4 is 25.4 Å². The zero-order chi connectivity index (χ0) is 38.9. The van der Waals surface area contributed by atoms with E-state index in [0.29, 0.717) is 33.8 Å². The second kappa shape index (κ2) is 15.3. The van der Waals surface area contributed by atoms with E-state index in [1.807, 2.05) is 46.1 Å². The van der Waals surface area contributed by atoms with Crippen LogP contribution in [0.25, 0.3) is 22.3 Å². The Bertz CT molecular complexity index is 1960. The number of nitrogens with one attached hydrogen (secondary N) is 3. The Morgan fingerprint density at radius 3 is 2.46 bits per heavy atom. The number of alkyl carbamates (subject to hydrolysis) is 1. The number of pyridine rings is 1. The minimum Gasteiger partial charge on any atom is -0.497 e. The van der Waals surface area contributed by atoms with Gasteiger partial charge in [0, 0.05) is 35.4 Å². The number of aliphatic carboxylic acids is 1. The molecule has 1 unspecified atom stereocenters. The Balaban J connectivity index is 1.32. The van der Waals surface area contributed by atoms with Crippen LogP contribution in [0.4, 0.5) is 9.93 Å². The number of carboxylic acid groups (broad SMARTS) is 1. The number of carbonyl (C=O) groups is 4. The number of amides is 3. The number of aromatic nitrogens is 2. The van der Waals surface area contributed by atoms with Gasteiger partial charge in [0.2, 0.25) is 11.8 Å². The van der Waals surface area contributed by atoms with Crippen molar-refractivity contribution in [1.29, 1.82) is 0 Å². The topological polar surface area (TPSA) is 181 Å². The molecule has 15 heteroatoms. The minimum absolute atomic E-state index is 0.0318. The molecule has 288 valence electrons. The van der Waals surface area contributed by atoms with E-state index in [-0.39, 0.29) is 31.5 Å². The summed E-state index contributed by atoms with van der Waals surface area (Å²) >= 11 is 1.45. The third-order valence-corrected chi connectivity index (χ3v) is 10.9. The van der Waals surface area contributed by atoms with E-state index in [1.165, 1.54) is 16.2 Å². The quantitative estimate of drug-likeness (QED) is 0.178. The summed E-state index contributed by atoms with van der Waals surface area (Å²) in [5, 5.41) is 22.1. The maximum Gasteiger partial charge on any atom is 0.408 e. The maximum absolute atomic E-state index is 14.5. The van der Waals surface area contributed by atoms with Crippen molar-refractivity contribution in [2.45, 2.75) is 109 Å². The van der Waals surface area contributed by atoms with Gasteiger partial charge in [-0.25, -0.2) is 19.6 Å². The van der Waals surface area contributed by atoms with Gasteiger partial charge in [-0.15, -0.1) is 23.7 Å².